The van der Waals surface area contributed by atoms with Gasteiger partial charge in [0.2, 0.25) is 0 Å². The molecule has 1 atom stereocenters. The summed E-state index contributed by atoms with van der Waals surface area (Å²) in [5.41, 5.74) is 5.52. The first-order valence-electron chi connectivity index (χ1n) is 5.90. The first kappa shape index (κ1) is 13.6. The van der Waals surface area contributed by atoms with Gasteiger partial charge in [0, 0.05) is 23.8 Å². The Morgan fingerprint density at radius 1 is 1.62 bits per heavy atom. The fourth-order valence-corrected chi connectivity index (χ4v) is 2.93. The van der Waals surface area contributed by atoms with Gasteiger partial charge < -0.3 is 16.3 Å². The molecule has 0 heterocycles. The molecule has 16 heavy (non-hydrogen) atoms. The summed E-state index contributed by atoms with van der Waals surface area (Å²) in [6.07, 6.45) is 7.77. The molecule has 0 amide bonds. The number of hydrogen-bond donors (Lipinski definition) is 3. The molecule has 94 valence electrons. The quantitative estimate of drug-likeness (QED) is 0.277. The molecular formula is C11H23N3OS. The van der Waals surface area contributed by atoms with Crippen LogP contribution in [0.25, 0.3) is 0 Å². The van der Waals surface area contributed by atoms with E-state index >= 15 is 0 Å². The zero-order chi connectivity index (χ0) is 12.0. The lowest BCUT2D eigenvalue weighted by atomic mass is 9.84. The maximum Gasteiger partial charge on any atom is 0.140 e. The second-order valence-electron chi connectivity index (χ2n) is 4.52. The fourth-order valence-electron chi connectivity index (χ4n) is 2.01. The zero-order valence-corrected chi connectivity index (χ0v) is 11.0. The molecule has 1 aliphatic rings. The molecule has 4 nitrogen and oxygen atoms in total. The average Bonchev–Trinajstić information content (AvgIpc) is 2.26. The van der Waals surface area contributed by atoms with Crippen LogP contribution in [0, 0.1) is 0 Å². The number of nitrogens with zero attached hydrogens (tertiary/aromatic N) is 1. The Morgan fingerprint density at radius 3 is 2.69 bits per heavy atom. The van der Waals surface area contributed by atoms with Gasteiger partial charge in [-0.15, -0.1) is 0 Å². The molecule has 1 unspecified atom stereocenters. The van der Waals surface area contributed by atoms with Gasteiger partial charge >= 0.3 is 0 Å². The number of nitrogens with two attached hydrogens (primary N) is 1. The Morgan fingerprint density at radius 2 is 2.31 bits per heavy atom. The minimum atomic E-state index is 0.311. The smallest absolute Gasteiger partial charge is 0.140 e. The van der Waals surface area contributed by atoms with Gasteiger partial charge in [-0.3, -0.25) is 0 Å². The molecule has 1 fully saturated rings. The van der Waals surface area contributed by atoms with E-state index in [1.54, 1.807) is 0 Å². The van der Waals surface area contributed by atoms with Gasteiger partial charge in [-0.25, -0.2) is 0 Å². The summed E-state index contributed by atoms with van der Waals surface area (Å²) in [7, 11) is 0. The highest BCUT2D eigenvalue weighted by molar-refractivity contribution is 8.00. The first-order valence-corrected chi connectivity index (χ1v) is 7.13. The summed E-state index contributed by atoms with van der Waals surface area (Å²) in [6.45, 7) is 3.15. The normalized spacial score (nSPS) is 21.5. The molecule has 0 spiro atoms. The first-order chi connectivity index (χ1) is 7.65. The summed E-state index contributed by atoms with van der Waals surface area (Å²) >= 11 is 1.96. The lowest BCUT2D eigenvalue weighted by Crippen LogP contribution is -2.47. The van der Waals surface area contributed by atoms with Crippen LogP contribution in [0.2, 0.25) is 0 Å². The van der Waals surface area contributed by atoms with Crippen LogP contribution < -0.4 is 11.1 Å². The topological polar surface area (TPSA) is 70.6 Å². The zero-order valence-electron chi connectivity index (χ0n) is 10.2. The second-order valence-corrected chi connectivity index (χ2v) is 5.80. The summed E-state index contributed by atoms with van der Waals surface area (Å²) in [6, 6.07) is 0.320. The maximum absolute atomic E-state index is 8.54. The number of nitrogens with one attached hydrogen (secondary N) is 1. The van der Waals surface area contributed by atoms with Crippen molar-refractivity contribution in [3.63, 3.8) is 0 Å². The Balaban J connectivity index is 2.33. The molecule has 4 N–H and O–H groups in total. The summed E-state index contributed by atoms with van der Waals surface area (Å²) < 4.78 is 0.443. The molecule has 0 aromatic rings. The van der Waals surface area contributed by atoms with Crippen molar-refractivity contribution >= 4 is 17.6 Å². The van der Waals surface area contributed by atoms with Gasteiger partial charge in [0.05, 0.1) is 0 Å². The third-order valence-corrected chi connectivity index (χ3v) is 4.91. The molecule has 0 bridgehead atoms. The molecule has 1 saturated carbocycles. The van der Waals surface area contributed by atoms with Crippen molar-refractivity contribution in [1.82, 2.24) is 5.32 Å². The second kappa shape index (κ2) is 6.35. The molecule has 1 aliphatic carbocycles. The van der Waals surface area contributed by atoms with Gasteiger partial charge in [-0.1, -0.05) is 18.5 Å². The third kappa shape index (κ3) is 3.56. The van der Waals surface area contributed by atoms with Crippen molar-refractivity contribution in [2.75, 3.05) is 12.8 Å². The average molecular weight is 245 g/mol. The predicted molar refractivity (Wildman–Crippen MR) is 70.2 cm³/mol. The third-order valence-electron chi connectivity index (χ3n) is 3.49. The van der Waals surface area contributed by atoms with Crippen molar-refractivity contribution in [2.45, 2.75) is 49.8 Å². The fraction of sp³-hybridized carbons (Fsp3) is 0.909. The van der Waals surface area contributed by atoms with E-state index in [0.717, 1.165) is 13.0 Å². The van der Waals surface area contributed by atoms with Crippen molar-refractivity contribution in [3.8, 4) is 0 Å². The Kier molecular flexibility index (Phi) is 5.41. The van der Waals surface area contributed by atoms with Crippen molar-refractivity contribution in [3.05, 3.63) is 0 Å². The molecule has 0 radical (unpaired) electrons. The van der Waals surface area contributed by atoms with Crippen LogP contribution in [0.5, 0.6) is 0 Å². The van der Waals surface area contributed by atoms with Crippen LogP contribution in [0.1, 0.15) is 39.0 Å². The molecule has 5 heteroatoms. The number of oxime groups is 1. The Bertz CT molecular complexity index is 236. The summed E-state index contributed by atoms with van der Waals surface area (Å²) in [4.78, 5) is 0. The Labute approximate surface area is 102 Å². The lowest BCUT2D eigenvalue weighted by molar-refractivity contribution is 0.311. The van der Waals surface area contributed by atoms with E-state index in [9.17, 15) is 0 Å². The maximum atomic E-state index is 8.54. The van der Waals surface area contributed by atoms with Crippen LogP contribution in [-0.4, -0.2) is 34.6 Å². The monoisotopic (exact) mass is 245 g/mol. The van der Waals surface area contributed by atoms with Crippen LogP contribution in [-0.2, 0) is 0 Å². The van der Waals surface area contributed by atoms with Gasteiger partial charge in [-0.05, 0) is 25.5 Å². The van der Waals surface area contributed by atoms with E-state index in [1.165, 1.54) is 19.3 Å². The van der Waals surface area contributed by atoms with Crippen LogP contribution in [0.15, 0.2) is 5.16 Å². The molecule has 0 saturated heterocycles. The van der Waals surface area contributed by atoms with E-state index in [2.05, 4.69) is 23.7 Å². The highest BCUT2D eigenvalue weighted by Crippen LogP contribution is 2.42. The van der Waals surface area contributed by atoms with Gasteiger partial charge in [0.15, 0.2) is 0 Å². The van der Waals surface area contributed by atoms with E-state index in [4.69, 9.17) is 10.9 Å². The molecular weight excluding hydrogens is 222 g/mol. The SMILES string of the molecule is CCC(CC(N)=NO)NCC1(SC)CCC1. The van der Waals surface area contributed by atoms with Crippen molar-refractivity contribution in [1.29, 1.82) is 0 Å². The van der Waals surface area contributed by atoms with E-state index in [-0.39, 0.29) is 0 Å². The summed E-state index contributed by atoms with van der Waals surface area (Å²) in [5, 5.41) is 15.1. The van der Waals surface area contributed by atoms with Crippen molar-refractivity contribution in [2.24, 2.45) is 10.9 Å². The number of hydrogen-bond acceptors (Lipinski definition) is 4. The standard InChI is InChI=1S/C11H23N3OS/c1-3-9(7-10(12)14-15)13-8-11(16-2)5-4-6-11/h9,13,15H,3-8H2,1-2H3,(H2,12,14). The minimum Gasteiger partial charge on any atom is -0.409 e. The van der Waals surface area contributed by atoms with Crippen LogP contribution >= 0.6 is 11.8 Å². The molecule has 0 aromatic heterocycles. The highest BCUT2D eigenvalue weighted by atomic mass is 32.2. The van der Waals surface area contributed by atoms with Crippen molar-refractivity contribution < 1.29 is 5.21 Å². The number of thioether (sulfide) groups is 1. The highest BCUT2D eigenvalue weighted by Gasteiger charge is 2.36. The van der Waals surface area contributed by atoms with Gasteiger partial charge in [0.1, 0.15) is 5.84 Å². The molecule has 1 rings (SSSR count). The predicted octanol–water partition coefficient (Wildman–Crippen LogP) is 1.78. The lowest BCUT2D eigenvalue weighted by Gasteiger charge is -2.41. The van der Waals surface area contributed by atoms with Gasteiger partial charge in [0.25, 0.3) is 0 Å². The van der Waals surface area contributed by atoms with Crippen LogP contribution in [0.3, 0.4) is 0 Å². The molecule has 0 aromatic carbocycles. The van der Waals surface area contributed by atoms with E-state index < -0.39 is 0 Å². The van der Waals surface area contributed by atoms with Crippen LogP contribution in [0.4, 0.5) is 0 Å². The Hall–Kier alpha value is -0.420. The van der Waals surface area contributed by atoms with E-state index in [1.807, 2.05) is 11.8 Å². The minimum absolute atomic E-state index is 0.311. The number of amidine groups is 1. The van der Waals surface area contributed by atoms with E-state index in [0.29, 0.717) is 23.0 Å². The van der Waals surface area contributed by atoms with Gasteiger partial charge in [-0.2, -0.15) is 11.8 Å². The number of rotatable bonds is 7. The summed E-state index contributed by atoms with van der Waals surface area (Å²) in [5.74, 6) is 0.311. The largest absolute Gasteiger partial charge is 0.409 e. The molecule has 0 aliphatic heterocycles.